The first-order chi connectivity index (χ1) is 10.6. The van der Waals surface area contributed by atoms with Crippen molar-refractivity contribution in [3.05, 3.63) is 29.7 Å². The zero-order chi connectivity index (χ0) is 15.5. The van der Waals surface area contributed by atoms with Crippen molar-refractivity contribution in [2.75, 3.05) is 5.32 Å². The number of rotatable bonds is 6. The molecule has 116 valence electrons. The lowest BCUT2D eigenvalue weighted by molar-refractivity contribution is 0.102. The summed E-state index contributed by atoms with van der Waals surface area (Å²) in [5, 5.41) is 3.29. The van der Waals surface area contributed by atoms with Gasteiger partial charge in [0.2, 0.25) is 11.0 Å². The van der Waals surface area contributed by atoms with Crippen LogP contribution >= 0.6 is 11.5 Å². The summed E-state index contributed by atoms with van der Waals surface area (Å²) in [6, 6.07) is 3.40. The van der Waals surface area contributed by atoms with Crippen LogP contribution in [0.2, 0.25) is 0 Å². The van der Waals surface area contributed by atoms with Crippen molar-refractivity contribution in [3.8, 4) is 5.88 Å². The van der Waals surface area contributed by atoms with Crippen LogP contribution in [0.25, 0.3) is 0 Å². The average molecular weight is 318 g/mol. The molecule has 0 bridgehead atoms. The molecule has 0 aliphatic heterocycles. The van der Waals surface area contributed by atoms with Gasteiger partial charge in [0.1, 0.15) is 11.4 Å². The molecule has 1 aliphatic rings. The van der Waals surface area contributed by atoms with Crippen molar-refractivity contribution in [3.63, 3.8) is 0 Å². The molecule has 1 aliphatic carbocycles. The summed E-state index contributed by atoms with van der Waals surface area (Å²) in [5.41, 5.74) is 0.398. The summed E-state index contributed by atoms with van der Waals surface area (Å²) in [6.07, 6.45) is 4.97. The van der Waals surface area contributed by atoms with Crippen LogP contribution in [0, 0.1) is 5.92 Å². The quantitative estimate of drug-likeness (QED) is 0.886. The molecule has 0 unspecified atom stereocenters. The molecule has 2 heterocycles. The third kappa shape index (κ3) is 3.79. The second-order valence-electron chi connectivity index (χ2n) is 5.64. The number of ether oxygens (including phenoxy) is 1. The first kappa shape index (κ1) is 14.9. The number of amides is 1. The van der Waals surface area contributed by atoms with E-state index in [1.807, 2.05) is 13.8 Å². The van der Waals surface area contributed by atoms with Gasteiger partial charge in [-0.3, -0.25) is 10.1 Å². The average Bonchev–Trinajstić information content (AvgIpc) is 3.18. The van der Waals surface area contributed by atoms with Gasteiger partial charge >= 0.3 is 0 Å². The van der Waals surface area contributed by atoms with Crippen LogP contribution in [0.5, 0.6) is 5.88 Å². The summed E-state index contributed by atoms with van der Waals surface area (Å²) >= 11 is 1.21. The van der Waals surface area contributed by atoms with Crippen LogP contribution in [-0.2, 0) is 6.42 Å². The fraction of sp³-hybridized carbons (Fsp3) is 0.467. The first-order valence-electron chi connectivity index (χ1n) is 7.37. The number of hydrogen-bond acceptors (Lipinski definition) is 6. The molecule has 0 saturated heterocycles. The Morgan fingerprint density at radius 3 is 3.05 bits per heavy atom. The second-order valence-corrected chi connectivity index (χ2v) is 6.39. The Hall–Kier alpha value is -2.02. The minimum atomic E-state index is -0.280. The predicted molar refractivity (Wildman–Crippen MR) is 84.3 cm³/mol. The lowest BCUT2D eigenvalue weighted by atomic mass is 10.2. The van der Waals surface area contributed by atoms with Gasteiger partial charge in [-0.05, 0) is 44.7 Å². The third-order valence-corrected chi connectivity index (χ3v) is 3.89. The van der Waals surface area contributed by atoms with Crippen molar-refractivity contribution in [2.45, 2.75) is 39.2 Å². The van der Waals surface area contributed by atoms with E-state index in [0.29, 0.717) is 16.6 Å². The van der Waals surface area contributed by atoms with Gasteiger partial charge in [-0.1, -0.05) is 0 Å². The highest BCUT2D eigenvalue weighted by Crippen LogP contribution is 2.32. The molecule has 3 rings (SSSR count). The van der Waals surface area contributed by atoms with E-state index in [-0.39, 0.29) is 12.0 Å². The maximum atomic E-state index is 12.4. The molecule has 0 radical (unpaired) electrons. The molecule has 1 saturated carbocycles. The molecular weight excluding hydrogens is 300 g/mol. The predicted octanol–water partition coefficient (Wildman–Crippen LogP) is 2.93. The Labute approximate surface area is 133 Å². The lowest BCUT2D eigenvalue weighted by Crippen LogP contribution is -2.16. The molecule has 2 aromatic rings. The molecule has 22 heavy (non-hydrogen) atoms. The second kappa shape index (κ2) is 6.39. The van der Waals surface area contributed by atoms with Crippen LogP contribution in [0.4, 0.5) is 5.13 Å². The molecule has 0 atom stereocenters. The highest BCUT2D eigenvalue weighted by atomic mass is 32.1. The Kier molecular flexibility index (Phi) is 4.33. The number of pyridine rings is 1. The zero-order valence-electron chi connectivity index (χ0n) is 12.6. The van der Waals surface area contributed by atoms with Crippen LogP contribution < -0.4 is 10.1 Å². The molecule has 1 amide bonds. The van der Waals surface area contributed by atoms with Gasteiger partial charge in [0.15, 0.2) is 0 Å². The molecule has 6 nitrogen and oxygen atoms in total. The maximum Gasteiger partial charge on any atom is 0.262 e. The van der Waals surface area contributed by atoms with E-state index in [1.165, 1.54) is 24.4 Å². The Bertz CT molecular complexity index is 667. The maximum absolute atomic E-state index is 12.4. The van der Waals surface area contributed by atoms with Crippen molar-refractivity contribution < 1.29 is 9.53 Å². The summed E-state index contributed by atoms with van der Waals surface area (Å²) in [5.74, 6) is 1.59. The van der Waals surface area contributed by atoms with Crippen molar-refractivity contribution in [1.29, 1.82) is 0 Å². The third-order valence-electron chi connectivity index (χ3n) is 3.22. The van der Waals surface area contributed by atoms with E-state index < -0.39 is 0 Å². The van der Waals surface area contributed by atoms with E-state index in [4.69, 9.17) is 4.74 Å². The SMILES string of the molecule is CC(C)Oc1ncccc1C(=O)Nc1nc(CC2CC2)ns1. The summed E-state index contributed by atoms with van der Waals surface area (Å²) in [4.78, 5) is 20.8. The Morgan fingerprint density at radius 2 is 2.32 bits per heavy atom. The number of nitrogens with one attached hydrogen (secondary N) is 1. The van der Waals surface area contributed by atoms with Crippen molar-refractivity contribution in [2.24, 2.45) is 5.92 Å². The van der Waals surface area contributed by atoms with Gasteiger partial charge in [0.25, 0.3) is 5.91 Å². The van der Waals surface area contributed by atoms with E-state index in [9.17, 15) is 4.79 Å². The Balaban J connectivity index is 1.69. The van der Waals surface area contributed by atoms with Gasteiger partial charge < -0.3 is 4.74 Å². The fourth-order valence-electron chi connectivity index (χ4n) is 2.01. The van der Waals surface area contributed by atoms with E-state index in [2.05, 4.69) is 19.7 Å². The summed E-state index contributed by atoms with van der Waals surface area (Å²) < 4.78 is 9.85. The minimum Gasteiger partial charge on any atom is -0.474 e. The standard InChI is InChI=1S/C15H18N4O2S/c1-9(2)21-14-11(4-3-7-16-14)13(20)18-15-17-12(19-22-15)8-10-5-6-10/h3-4,7,9-10H,5-6,8H2,1-2H3,(H,17,18,19,20). The zero-order valence-corrected chi connectivity index (χ0v) is 13.4. The molecule has 1 fully saturated rings. The van der Waals surface area contributed by atoms with Crippen molar-refractivity contribution >= 4 is 22.6 Å². The van der Waals surface area contributed by atoms with E-state index in [1.54, 1.807) is 18.3 Å². The van der Waals surface area contributed by atoms with Gasteiger partial charge in [0.05, 0.1) is 6.10 Å². The smallest absolute Gasteiger partial charge is 0.262 e. The molecule has 0 aromatic carbocycles. The number of nitrogens with zero attached hydrogens (tertiary/aromatic N) is 3. The van der Waals surface area contributed by atoms with E-state index in [0.717, 1.165) is 18.2 Å². The van der Waals surface area contributed by atoms with Crippen LogP contribution in [0.15, 0.2) is 18.3 Å². The van der Waals surface area contributed by atoms with Crippen LogP contribution in [0.1, 0.15) is 42.9 Å². The van der Waals surface area contributed by atoms with Crippen molar-refractivity contribution in [1.82, 2.24) is 14.3 Å². The molecule has 7 heteroatoms. The number of anilines is 1. The summed E-state index contributed by atoms with van der Waals surface area (Å²) in [6.45, 7) is 3.79. The minimum absolute atomic E-state index is 0.0480. The lowest BCUT2D eigenvalue weighted by Gasteiger charge is -2.11. The van der Waals surface area contributed by atoms with Gasteiger partial charge in [-0.2, -0.15) is 4.37 Å². The molecule has 2 aromatic heterocycles. The normalized spacial score (nSPS) is 14.1. The number of carbonyl (C=O) groups excluding carboxylic acids is 1. The van der Waals surface area contributed by atoms with Crippen LogP contribution in [-0.4, -0.2) is 26.4 Å². The van der Waals surface area contributed by atoms with E-state index >= 15 is 0 Å². The summed E-state index contributed by atoms with van der Waals surface area (Å²) in [7, 11) is 0. The topological polar surface area (TPSA) is 77.0 Å². The fourth-order valence-corrected chi connectivity index (χ4v) is 2.60. The molecule has 0 spiro atoms. The largest absolute Gasteiger partial charge is 0.474 e. The number of carbonyl (C=O) groups is 1. The molecule has 1 N–H and O–H groups in total. The van der Waals surface area contributed by atoms with Crippen LogP contribution in [0.3, 0.4) is 0 Å². The molecular formula is C15H18N4O2S. The Morgan fingerprint density at radius 1 is 1.50 bits per heavy atom. The first-order valence-corrected chi connectivity index (χ1v) is 8.15. The highest BCUT2D eigenvalue weighted by molar-refractivity contribution is 7.09. The van der Waals surface area contributed by atoms with Gasteiger partial charge in [0, 0.05) is 24.2 Å². The number of hydrogen-bond donors (Lipinski definition) is 1. The number of aromatic nitrogens is 3. The van der Waals surface area contributed by atoms with Gasteiger partial charge in [-0.15, -0.1) is 0 Å². The monoisotopic (exact) mass is 318 g/mol. The van der Waals surface area contributed by atoms with Gasteiger partial charge in [-0.25, -0.2) is 9.97 Å². The highest BCUT2D eigenvalue weighted by Gasteiger charge is 2.24.